The normalized spacial score (nSPS) is 17.8. The number of nitrogens with zero attached hydrogens (tertiary/aromatic N) is 1. The Morgan fingerprint density at radius 1 is 1.08 bits per heavy atom. The van der Waals surface area contributed by atoms with Gasteiger partial charge in [0.2, 0.25) is 0 Å². The minimum absolute atomic E-state index is 0.121. The fraction of sp³-hybridized carbons (Fsp3) is 0.333. The molecule has 1 saturated carbocycles. The van der Waals surface area contributed by atoms with E-state index in [1.165, 1.54) is 0 Å². The van der Waals surface area contributed by atoms with Crippen LogP contribution in [0, 0.1) is 0 Å². The molecule has 4 rings (SSSR count). The Labute approximate surface area is 153 Å². The van der Waals surface area contributed by atoms with Gasteiger partial charge in [0.25, 0.3) is 11.8 Å². The van der Waals surface area contributed by atoms with Gasteiger partial charge in [0.15, 0.2) is 0 Å². The predicted molar refractivity (Wildman–Crippen MR) is 99.8 cm³/mol. The van der Waals surface area contributed by atoms with Crippen LogP contribution < -0.4 is 15.0 Å². The van der Waals surface area contributed by atoms with Gasteiger partial charge in [0.1, 0.15) is 11.4 Å². The molecule has 1 N–H and O–H groups in total. The lowest BCUT2D eigenvalue weighted by molar-refractivity contribution is 0.0836. The minimum Gasteiger partial charge on any atom is -0.484 e. The van der Waals surface area contributed by atoms with Crippen molar-refractivity contribution in [1.29, 1.82) is 0 Å². The van der Waals surface area contributed by atoms with E-state index in [1.54, 1.807) is 29.2 Å². The molecule has 0 radical (unpaired) electrons. The number of carbonyl (C=O) groups is 2. The van der Waals surface area contributed by atoms with Gasteiger partial charge in [-0.3, -0.25) is 9.59 Å². The summed E-state index contributed by atoms with van der Waals surface area (Å²) >= 11 is 0. The van der Waals surface area contributed by atoms with Gasteiger partial charge in [0.05, 0.1) is 12.2 Å². The van der Waals surface area contributed by atoms with Crippen molar-refractivity contribution in [1.82, 2.24) is 5.32 Å². The van der Waals surface area contributed by atoms with Crippen LogP contribution in [0.5, 0.6) is 5.75 Å². The van der Waals surface area contributed by atoms with Crippen LogP contribution in [0.4, 0.5) is 5.69 Å². The number of nitrogens with one attached hydrogen (secondary N) is 1. The average Bonchev–Trinajstić information content (AvgIpc) is 3.43. The van der Waals surface area contributed by atoms with Gasteiger partial charge in [-0.25, -0.2) is 0 Å². The highest BCUT2D eigenvalue weighted by molar-refractivity contribution is 6.08. The Morgan fingerprint density at radius 3 is 2.58 bits per heavy atom. The maximum absolute atomic E-state index is 13.2. The molecule has 2 aliphatic rings. The number of anilines is 1. The number of amides is 2. The van der Waals surface area contributed by atoms with E-state index in [4.69, 9.17) is 4.74 Å². The molecule has 2 aromatic rings. The van der Waals surface area contributed by atoms with E-state index in [1.807, 2.05) is 38.1 Å². The Morgan fingerprint density at radius 2 is 1.81 bits per heavy atom. The molecule has 5 heteroatoms. The second-order valence-electron chi connectivity index (χ2n) is 7.55. The lowest BCUT2D eigenvalue weighted by Crippen LogP contribution is -2.49. The molecule has 0 bridgehead atoms. The number of hydrogen-bond acceptors (Lipinski definition) is 3. The molecule has 1 aliphatic heterocycles. The van der Waals surface area contributed by atoms with E-state index < -0.39 is 5.60 Å². The van der Waals surface area contributed by atoms with Crippen molar-refractivity contribution in [2.75, 3.05) is 11.4 Å². The molecule has 1 aliphatic carbocycles. The van der Waals surface area contributed by atoms with Crippen LogP contribution in [0.25, 0.3) is 0 Å². The van der Waals surface area contributed by atoms with Crippen molar-refractivity contribution in [3.05, 3.63) is 59.7 Å². The third kappa shape index (κ3) is 3.29. The van der Waals surface area contributed by atoms with Gasteiger partial charge >= 0.3 is 0 Å². The zero-order valence-corrected chi connectivity index (χ0v) is 15.0. The molecule has 1 heterocycles. The molecular formula is C21H22N2O3. The third-order valence-electron chi connectivity index (χ3n) is 4.61. The Bertz CT molecular complexity index is 871. The largest absolute Gasteiger partial charge is 0.484 e. The van der Waals surface area contributed by atoms with Gasteiger partial charge in [-0.2, -0.15) is 0 Å². The van der Waals surface area contributed by atoms with Crippen molar-refractivity contribution in [3.63, 3.8) is 0 Å². The van der Waals surface area contributed by atoms with E-state index in [2.05, 4.69) is 5.32 Å². The number of rotatable bonds is 3. The molecule has 0 spiro atoms. The number of hydrogen-bond donors (Lipinski definition) is 1. The highest BCUT2D eigenvalue weighted by atomic mass is 16.5. The van der Waals surface area contributed by atoms with E-state index >= 15 is 0 Å². The maximum atomic E-state index is 13.2. The zero-order chi connectivity index (χ0) is 18.3. The summed E-state index contributed by atoms with van der Waals surface area (Å²) in [6.45, 7) is 4.37. The van der Waals surface area contributed by atoms with E-state index in [0.717, 1.165) is 18.5 Å². The molecular weight excluding hydrogens is 328 g/mol. The fourth-order valence-corrected chi connectivity index (χ4v) is 3.19. The zero-order valence-electron chi connectivity index (χ0n) is 15.0. The standard InChI is InChI=1S/C21H22N2O3/c1-21(2)13-23(17-8-3-4-9-18(17)26-21)20(25)15-7-5-6-14(12-15)19(24)22-16-10-11-16/h3-9,12,16H,10-11,13H2,1-2H3,(H,22,24). The molecule has 1 fully saturated rings. The van der Waals surface area contributed by atoms with Crippen molar-refractivity contribution in [2.45, 2.75) is 38.3 Å². The van der Waals surface area contributed by atoms with Crippen LogP contribution in [0.3, 0.4) is 0 Å². The molecule has 26 heavy (non-hydrogen) atoms. The molecule has 0 atom stereocenters. The number of fused-ring (bicyclic) bond motifs is 1. The molecule has 0 saturated heterocycles. The summed E-state index contributed by atoms with van der Waals surface area (Å²) in [5.74, 6) is 0.444. The molecule has 134 valence electrons. The summed E-state index contributed by atoms with van der Waals surface area (Å²) in [5, 5.41) is 2.96. The first-order valence-electron chi connectivity index (χ1n) is 8.94. The van der Waals surface area contributed by atoms with Gasteiger partial charge < -0.3 is 15.0 Å². The van der Waals surface area contributed by atoms with Crippen molar-refractivity contribution in [2.24, 2.45) is 0 Å². The summed E-state index contributed by atoms with van der Waals surface area (Å²) in [7, 11) is 0. The molecule has 0 unspecified atom stereocenters. The van der Waals surface area contributed by atoms with Crippen LogP contribution in [-0.2, 0) is 0 Å². The van der Waals surface area contributed by atoms with Crippen molar-refractivity contribution in [3.8, 4) is 5.75 Å². The van der Waals surface area contributed by atoms with Crippen LogP contribution >= 0.6 is 0 Å². The van der Waals surface area contributed by atoms with Crippen molar-refractivity contribution >= 4 is 17.5 Å². The highest BCUT2D eigenvalue weighted by Crippen LogP contribution is 2.37. The summed E-state index contributed by atoms with van der Waals surface area (Å²) in [6.07, 6.45) is 2.06. The van der Waals surface area contributed by atoms with Crippen LogP contribution in [0.15, 0.2) is 48.5 Å². The molecule has 5 nitrogen and oxygen atoms in total. The van der Waals surface area contributed by atoms with E-state index in [9.17, 15) is 9.59 Å². The van der Waals surface area contributed by atoms with Gasteiger partial charge in [-0.15, -0.1) is 0 Å². The summed E-state index contributed by atoms with van der Waals surface area (Å²) in [6, 6.07) is 14.7. The Balaban J connectivity index is 1.64. The molecule has 0 aromatic heterocycles. The van der Waals surface area contributed by atoms with Crippen LogP contribution in [-0.4, -0.2) is 30.0 Å². The third-order valence-corrected chi connectivity index (χ3v) is 4.61. The first-order chi connectivity index (χ1) is 12.4. The lowest BCUT2D eigenvalue weighted by Gasteiger charge is -2.39. The second kappa shape index (κ2) is 6.16. The van der Waals surface area contributed by atoms with E-state index in [0.29, 0.717) is 23.4 Å². The molecule has 2 aromatic carbocycles. The number of benzene rings is 2. The average molecular weight is 350 g/mol. The topological polar surface area (TPSA) is 58.6 Å². The Hall–Kier alpha value is -2.82. The van der Waals surface area contributed by atoms with Gasteiger partial charge in [-0.05, 0) is 57.0 Å². The number of ether oxygens (including phenoxy) is 1. The second-order valence-corrected chi connectivity index (χ2v) is 7.55. The monoisotopic (exact) mass is 350 g/mol. The first kappa shape index (κ1) is 16.6. The van der Waals surface area contributed by atoms with Crippen LogP contribution in [0.1, 0.15) is 47.4 Å². The fourth-order valence-electron chi connectivity index (χ4n) is 3.19. The van der Waals surface area contributed by atoms with Gasteiger partial charge in [-0.1, -0.05) is 18.2 Å². The van der Waals surface area contributed by atoms with Crippen LogP contribution in [0.2, 0.25) is 0 Å². The quantitative estimate of drug-likeness (QED) is 0.923. The summed E-state index contributed by atoms with van der Waals surface area (Å²) in [5.41, 5.74) is 1.29. The SMILES string of the molecule is CC1(C)CN(C(=O)c2cccc(C(=O)NC3CC3)c2)c2ccccc2O1. The lowest BCUT2D eigenvalue weighted by atomic mass is 10.0. The Kier molecular flexibility index (Phi) is 3.94. The van der Waals surface area contributed by atoms with E-state index in [-0.39, 0.29) is 17.9 Å². The first-order valence-corrected chi connectivity index (χ1v) is 8.94. The van der Waals surface area contributed by atoms with Gasteiger partial charge in [0, 0.05) is 17.2 Å². The maximum Gasteiger partial charge on any atom is 0.258 e. The summed E-state index contributed by atoms with van der Waals surface area (Å²) < 4.78 is 5.99. The highest BCUT2D eigenvalue weighted by Gasteiger charge is 2.35. The van der Waals surface area contributed by atoms with Crippen molar-refractivity contribution < 1.29 is 14.3 Å². The summed E-state index contributed by atoms with van der Waals surface area (Å²) in [4.78, 5) is 27.2. The smallest absolute Gasteiger partial charge is 0.258 e. The minimum atomic E-state index is -0.481. The number of para-hydroxylation sites is 2. The number of carbonyl (C=O) groups excluding carboxylic acids is 2. The molecule has 2 amide bonds. The predicted octanol–water partition coefficient (Wildman–Crippen LogP) is 3.40.